The molecule has 164 valence electrons. The Morgan fingerprint density at radius 1 is 1.00 bits per heavy atom. The zero-order valence-corrected chi connectivity index (χ0v) is 18.4. The van der Waals surface area contributed by atoms with E-state index in [-0.39, 0.29) is 36.7 Å². The molecule has 9 nitrogen and oxygen atoms in total. The van der Waals surface area contributed by atoms with Crippen molar-refractivity contribution in [1.82, 2.24) is 16.2 Å². The number of carbonyl (C=O) groups excluding carboxylic acids is 4. The van der Waals surface area contributed by atoms with Crippen molar-refractivity contribution in [3.05, 3.63) is 28.8 Å². The summed E-state index contributed by atoms with van der Waals surface area (Å²) in [6, 6.07) is 5.14. The second-order valence-corrected chi connectivity index (χ2v) is 7.05. The summed E-state index contributed by atoms with van der Waals surface area (Å²) in [6.07, 6.45) is 0.383. The first-order chi connectivity index (χ1) is 14.2. The van der Waals surface area contributed by atoms with Crippen LogP contribution in [0.1, 0.15) is 44.6 Å². The molecule has 0 unspecified atom stereocenters. The number of benzene rings is 1. The van der Waals surface area contributed by atoms with Gasteiger partial charge in [-0.1, -0.05) is 24.6 Å². The summed E-state index contributed by atoms with van der Waals surface area (Å²) in [5.74, 6) is -1.80. The molecule has 0 aliphatic carbocycles. The molecule has 0 fully saturated rings. The number of nitrogens with one attached hydrogen (secondary N) is 4. The summed E-state index contributed by atoms with van der Waals surface area (Å²) in [6.45, 7) is 3.95. The van der Waals surface area contributed by atoms with Crippen LogP contribution in [0.2, 0.25) is 5.02 Å². The molecule has 0 saturated carbocycles. The van der Waals surface area contributed by atoms with Crippen LogP contribution in [0.15, 0.2) is 18.2 Å². The molecule has 0 aliphatic heterocycles. The first-order valence-electron chi connectivity index (χ1n) is 9.32. The zero-order valence-electron chi connectivity index (χ0n) is 16.8. The lowest BCUT2D eigenvalue weighted by Crippen LogP contribution is -2.48. The standard InChI is InChI=1S/C19H25ClN4O5S/c1-3-11-29-18(28)10-9-16(26)22-19(30)24-23-17(27)8-7-15(25)21-14-6-4-5-13(20)12(14)2/h4-6H,3,7-11H2,1-2H3,(H,21,25)(H,23,27)(H2,22,24,26,30). The van der Waals surface area contributed by atoms with E-state index in [1.807, 2.05) is 6.92 Å². The summed E-state index contributed by atoms with van der Waals surface area (Å²) in [4.78, 5) is 46.8. The molecule has 0 radical (unpaired) electrons. The van der Waals surface area contributed by atoms with Gasteiger partial charge in [-0.05, 0) is 43.3 Å². The smallest absolute Gasteiger partial charge is 0.306 e. The lowest BCUT2D eigenvalue weighted by atomic mass is 10.2. The average Bonchev–Trinajstić information content (AvgIpc) is 2.71. The zero-order chi connectivity index (χ0) is 22.5. The number of thiocarbonyl (C=S) groups is 1. The maximum atomic E-state index is 12.0. The number of halogens is 1. The first kappa shape index (κ1) is 25.3. The molecule has 11 heteroatoms. The molecule has 1 aromatic rings. The molecule has 0 aliphatic rings. The number of rotatable bonds is 9. The first-order valence-corrected chi connectivity index (χ1v) is 10.1. The number of amides is 3. The van der Waals surface area contributed by atoms with Crippen LogP contribution >= 0.6 is 23.8 Å². The van der Waals surface area contributed by atoms with Crippen LogP contribution in [0.3, 0.4) is 0 Å². The number of anilines is 1. The third-order valence-corrected chi connectivity index (χ3v) is 4.33. The third kappa shape index (κ3) is 10.2. The van der Waals surface area contributed by atoms with Gasteiger partial charge in [0.2, 0.25) is 17.7 Å². The van der Waals surface area contributed by atoms with Crippen LogP contribution in [0.4, 0.5) is 5.69 Å². The summed E-state index contributed by atoms with van der Waals surface area (Å²) in [7, 11) is 0. The van der Waals surface area contributed by atoms with Gasteiger partial charge in [-0.15, -0.1) is 0 Å². The Kier molecular flexibility index (Phi) is 11.4. The Labute approximate surface area is 185 Å². The summed E-state index contributed by atoms with van der Waals surface area (Å²) >= 11 is 10.9. The Balaban J connectivity index is 2.24. The van der Waals surface area contributed by atoms with Gasteiger partial charge in [-0.25, -0.2) is 0 Å². The van der Waals surface area contributed by atoms with Crippen LogP contribution in [-0.2, 0) is 23.9 Å². The number of hydrogen-bond acceptors (Lipinski definition) is 6. The van der Waals surface area contributed by atoms with Crippen LogP contribution < -0.4 is 21.5 Å². The Hall–Kier alpha value is -2.72. The van der Waals surface area contributed by atoms with Gasteiger partial charge in [0.1, 0.15) is 0 Å². The fourth-order valence-corrected chi connectivity index (χ4v) is 2.44. The van der Waals surface area contributed by atoms with Gasteiger partial charge in [-0.3, -0.25) is 30.0 Å². The molecule has 0 heterocycles. The normalized spacial score (nSPS) is 9.97. The maximum Gasteiger partial charge on any atom is 0.306 e. The highest BCUT2D eigenvalue weighted by Crippen LogP contribution is 2.23. The van der Waals surface area contributed by atoms with E-state index in [0.29, 0.717) is 23.7 Å². The van der Waals surface area contributed by atoms with E-state index in [1.54, 1.807) is 25.1 Å². The van der Waals surface area contributed by atoms with Gasteiger partial charge < -0.3 is 15.4 Å². The number of carbonyl (C=O) groups is 4. The molecule has 0 spiro atoms. The van der Waals surface area contributed by atoms with Gasteiger partial charge in [-0.2, -0.15) is 0 Å². The molecule has 0 aromatic heterocycles. The van der Waals surface area contributed by atoms with Crippen molar-refractivity contribution in [3.63, 3.8) is 0 Å². The molecule has 1 aromatic carbocycles. The quantitative estimate of drug-likeness (QED) is 0.255. The summed E-state index contributed by atoms with van der Waals surface area (Å²) in [5.41, 5.74) is 5.95. The fraction of sp³-hybridized carbons (Fsp3) is 0.421. The largest absolute Gasteiger partial charge is 0.466 e. The van der Waals surface area contributed by atoms with Crippen molar-refractivity contribution in [1.29, 1.82) is 0 Å². The molecule has 0 saturated heterocycles. The molecule has 4 N–H and O–H groups in total. The highest BCUT2D eigenvalue weighted by molar-refractivity contribution is 7.80. The Bertz CT molecular complexity index is 803. The predicted octanol–water partition coefficient (Wildman–Crippen LogP) is 2.12. The summed E-state index contributed by atoms with van der Waals surface area (Å²) in [5, 5.41) is 5.41. The van der Waals surface area contributed by atoms with E-state index in [2.05, 4.69) is 21.5 Å². The van der Waals surface area contributed by atoms with Crippen LogP contribution in [0.25, 0.3) is 0 Å². The number of hydrazine groups is 1. The second-order valence-electron chi connectivity index (χ2n) is 6.23. The minimum absolute atomic E-state index is 0.0571. The molecular weight excluding hydrogens is 432 g/mol. The van der Waals surface area contributed by atoms with Gasteiger partial charge >= 0.3 is 5.97 Å². The van der Waals surface area contributed by atoms with Crippen molar-refractivity contribution in [2.75, 3.05) is 11.9 Å². The van der Waals surface area contributed by atoms with Gasteiger partial charge in [0.15, 0.2) is 5.11 Å². The highest BCUT2D eigenvalue weighted by atomic mass is 35.5. The number of ether oxygens (including phenoxy) is 1. The predicted molar refractivity (Wildman–Crippen MR) is 117 cm³/mol. The van der Waals surface area contributed by atoms with E-state index in [1.165, 1.54) is 0 Å². The van der Waals surface area contributed by atoms with E-state index >= 15 is 0 Å². The highest BCUT2D eigenvalue weighted by Gasteiger charge is 2.12. The monoisotopic (exact) mass is 456 g/mol. The van der Waals surface area contributed by atoms with Gasteiger partial charge in [0, 0.05) is 30.0 Å². The van der Waals surface area contributed by atoms with E-state index in [4.69, 9.17) is 28.6 Å². The van der Waals surface area contributed by atoms with Crippen molar-refractivity contribution < 1.29 is 23.9 Å². The Morgan fingerprint density at radius 2 is 1.67 bits per heavy atom. The van der Waals surface area contributed by atoms with Crippen LogP contribution in [0, 0.1) is 6.92 Å². The van der Waals surface area contributed by atoms with E-state index < -0.39 is 17.8 Å². The topological polar surface area (TPSA) is 126 Å². The average molecular weight is 457 g/mol. The van der Waals surface area contributed by atoms with Crippen LogP contribution in [0.5, 0.6) is 0 Å². The third-order valence-electron chi connectivity index (χ3n) is 3.71. The molecular formula is C19H25ClN4O5S. The minimum atomic E-state index is -0.494. The molecule has 30 heavy (non-hydrogen) atoms. The van der Waals surface area contributed by atoms with Crippen molar-refractivity contribution in [2.24, 2.45) is 0 Å². The number of esters is 1. The van der Waals surface area contributed by atoms with Crippen molar-refractivity contribution in [3.8, 4) is 0 Å². The van der Waals surface area contributed by atoms with Crippen molar-refractivity contribution in [2.45, 2.75) is 46.0 Å². The lowest BCUT2D eigenvalue weighted by Gasteiger charge is -2.11. The lowest BCUT2D eigenvalue weighted by molar-refractivity contribution is -0.144. The van der Waals surface area contributed by atoms with Crippen molar-refractivity contribution >= 4 is 58.3 Å². The van der Waals surface area contributed by atoms with E-state index in [9.17, 15) is 19.2 Å². The number of hydrogen-bond donors (Lipinski definition) is 4. The van der Waals surface area contributed by atoms with Gasteiger partial charge in [0.25, 0.3) is 0 Å². The SMILES string of the molecule is CCCOC(=O)CCC(=O)NC(=S)NNC(=O)CCC(=O)Nc1cccc(Cl)c1C. The maximum absolute atomic E-state index is 12.0. The van der Waals surface area contributed by atoms with Gasteiger partial charge in [0.05, 0.1) is 13.0 Å². The molecule has 0 atom stereocenters. The molecule has 3 amide bonds. The summed E-state index contributed by atoms with van der Waals surface area (Å²) < 4.78 is 4.86. The van der Waals surface area contributed by atoms with E-state index in [0.717, 1.165) is 5.56 Å². The minimum Gasteiger partial charge on any atom is -0.466 e. The molecule has 0 bridgehead atoms. The van der Waals surface area contributed by atoms with Crippen LogP contribution in [-0.4, -0.2) is 35.4 Å². The molecule has 1 rings (SSSR count). The Morgan fingerprint density at radius 3 is 2.37 bits per heavy atom. The fourth-order valence-electron chi connectivity index (χ4n) is 2.10. The second kappa shape index (κ2) is 13.5.